The molecule has 8 heteroatoms. The van der Waals surface area contributed by atoms with E-state index < -0.39 is 17.3 Å². The second kappa shape index (κ2) is 11.7. The van der Waals surface area contributed by atoms with Gasteiger partial charge in [-0.25, -0.2) is 0 Å². The highest BCUT2D eigenvalue weighted by molar-refractivity contribution is 7.99. The Balaban J connectivity index is 1.78. The summed E-state index contributed by atoms with van der Waals surface area (Å²) < 4.78 is 17.1. The van der Waals surface area contributed by atoms with Crippen LogP contribution in [0.15, 0.2) is 71.6 Å². The number of amides is 1. The Bertz CT molecular complexity index is 1240. The van der Waals surface area contributed by atoms with Gasteiger partial charge < -0.3 is 24.0 Å². The first-order valence-corrected chi connectivity index (χ1v) is 13.0. The lowest BCUT2D eigenvalue weighted by molar-refractivity contribution is -0.152. The number of rotatable bonds is 8. The van der Waals surface area contributed by atoms with E-state index in [1.165, 1.54) is 18.7 Å². The van der Waals surface area contributed by atoms with Crippen LogP contribution < -0.4 is 14.4 Å². The van der Waals surface area contributed by atoms with E-state index in [-0.39, 0.29) is 5.91 Å². The fourth-order valence-electron chi connectivity index (χ4n) is 4.08. The Hall–Kier alpha value is -3.49. The van der Waals surface area contributed by atoms with Crippen LogP contribution in [-0.4, -0.2) is 57.2 Å². The molecule has 7 nitrogen and oxygen atoms in total. The number of fused-ring (bicyclic) bond motifs is 1. The Morgan fingerprint density at radius 1 is 0.973 bits per heavy atom. The highest BCUT2D eigenvalue weighted by atomic mass is 32.2. The van der Waals surface area contributed by atoms with Crippen LogP contribution in [0.1, 0.15) is 23.3 Å². The van der Waals surface area contributed by atoms with E-state index in [4.69, 9.17) is 14.2 Å². The van der Waals surface area contributed by atoms with Crippen LogP contribution in [0.4, 0.5) is 5.69 Å². The summed E-state index contributed by atoms with van der Waals surface area (Å²) in [4.78, 5) is 30.7. The van der Waals surface area contributed by atoms with E-state index in [0.29, 0.717) is 24.6 Å². The van der Waals surface area contributed by atoms with Crippen LogP contribution in [0.3, 0.4) is 0 Å². The van der Waals surface area contributed by atoms with Gasteiger partial charge >= 0.3 is 5.97 Å². The molecule has 0 saturated heterocycles. The molecular weight excluding hydrogens is 488 g/mol. The average molecular weight is 521 g/mol. The van der Waals surface area contributed by atoms with Gasteiger partial charge in [-0.2, -0.15) is 0 Å². The van der Waals surface area contributed by atoms with Crippen molar-refractivity contribution in [1.29, 1.82) is 0 Å². The Morgan fingerprint density at radius 2 is 1.62 bits per heavy atom. The fraction of sp³-hybridized carbons (Fsp3) is 0.310. The zero-order valence-electron chi connectivity index (χ0n) is 21.8. The molecule has 0 N–H and O–H groups in total. The number of aryl methyl sites for hydroxylation is 1. The summed E-state index contributed by atoms with van der Waals surface area (Å²) in [6, 6.07) is 21.1. The molecule has 194 valence electrons. The highest BCUT2D eigenvalue weighted by Crippen LogP contribution is 2.48. The first-order chi connectivity index (χ1) is 17.7. The number of methoxy groups -OCH3 is 1. The molecule has 1 aliphatic rings. The van der Waals surface area contributed by atoms with Crippen LogP contribution in [0.2, 0.25) is 0 Å². The summed E-state index contributed by atoms with van der Waals surface area (Å²) in [7, 11) is 5.52. The molecule has 0 aliphatic carbocycles. The fourth-order valence-corrected chi connectivity index (χ4v) is 5.42. The van der Waals surface area contributed by atoms with Crippen molar-refractivity contribution in [3.05, 3.63) is 77.9 Å². The lowest BCUT2D eigenvalue weighted by atomic mass is 10.1. The molecule has 0 radical (unpaired) electrons. The van der Waals surface area contributed by atoms with Gasteiger partial charge in [0.1, 0.15) is 17.2 Å². The highest BCUT2D eigenvalue weighted by Gasteiger charge is 2.41. The number of hydrogen-bond acceptors (Lipinski definition) is 7. The quantitative estimate of drug-likeness (QED) is 0.365. The summed E-state index contributed by atoms with van der Waals surface area (Å²) in [5.41, 5.74) is 2.77. The lowest BCUT2D eigenvalue weighted by Crippen LogP contribution is -2.45. The maximum absolute atomic E-state index is 13.9. The maximum atomic E-state index is 13.9. The minimum atomic E-state index is -0.994. The minimum absolute atomic E-state index is 0.253. The normalized spacial score (nSPS) is 17.2. The third-order valence-electron chi connectivity index (χ3n) is 6.03. The molecule has 37 heavy (non-hydrogen) atoms. The standard InChI is InChI=1S/C29H32N2O5S/c1-19-6-10-23(11-7-19)36-24-14-15-25-26(18-24)37-28(21-8-12-22(34-5)13-9-21)27(35-20(2)32)29(33)31(25)17-16-30(3)4/h6-15,18,27-28H,16-17H2,1-5H3/t27-,28+/m0/s1. The molecule has 1 aliphatic heterocycles. The topological polar surface area (TPSA) is 68.3 Å². The molecule has 1 heterocycles. The number of carbonyl (C=O) groups excluding carboxylic acids is 2. The molecule has 4 rings (SSSR count). The van der Waals surface area contributed by atoms with Crippen molar-refractivity contribution in [2.75, 3.05) is 39.2 Å². The Labute approximate surface area is 222 Å². The summed E-state index contributed by atoms with van der Waals surface area (Å²) in [5.74, 6) is 1.35. The number of anilines is 1. The number of ether oxygens (including phenoxy) is 3. The van der Waals surface area contributed by atoms with Crippen LogP contribution in [0.25, 0.3) is 0 Å². The van der Waals surface area contributed by atoms with E-state index in [9.17, 15) is 9.59 Å². The van der Waals surface area contributed by atoms with Gasteiger partial charge in [-0.1, -0.05) is 29.8 Å². The largest absolute Gasteiger partial charge is 0.497 e. The molecule has 0 aromatic heterocycles. The van der Waals surface area contributed by atoms with E-state index in [1.807, 2.05) is 92.6 Å². The molecule has 3 aromatic carbocycles. The molecule has 0 saturated carbocycles. The molecule has 1 amide bonds. The smallest absolute Gasteiger partial charge is 0.303 e. The molecular formula is C29H32N2O5S. The second-order valence-corrected chi connectivity index (χ2v) is 10.4. The Morgan fingerprint density at radius 3 is 2.24 bits per heavy atom. The zero-order valence-corrected chi connectivity index (χ0v) is 22.6. The van der Waals surface area contributed by atoms with Crippen LogP contribution in [0, 0.1) is 6.92 Å². The summed E-state index contributed by atoms with van der Waals surface area (Å²) in [5, 5.41) is -0.458. The summed E-state index contributed by atoms with van der Waals surface area (Å²) >= 11 is 1.49. The SMILES string of the molecule is COc1ccc([C@H]2Sc3cc(Oc4ccc(C)cc4)ccc3N(CCN(C)C)C(=O)[C@H]2OC(C)=O)cc1. The molecule has 0 fully saturated rings. The third kappa shape index (κ3) is 6.45. The van der Waals surface area contributed by atoms with Crippen molar-refractivity contribution in [3.63, 3.8) is 0 Å². The summed E-state index contributed by atoms with van der Waals surface area (Å²) in [6.07, 6.45) is -0.994. The molecule has 3 aromatic rings. The lowest BCUT2D eigenvalue weighted by Gasteiger charge is -2.28. The van der Waals surface area contributed by atoms with E-state index in [0.717, 1.165) is 27.5 Å². The Kier molecular flexibility index (Phi) is 8.41. The van der Waals surface area contributed by atoms with Crippen LogP contribution >= 0.6 is 11.8 Å². The van der Waals surface area contributed by atoms with Crippen molar-refractivity contribution >= 4 is 29.3 Å². The number of esters is 1. The van der Waals surface area contributed by atoms with Crippen molar-refractivity contribution < 1.29 is 23.8 Å². The van der Waals surface area contributed by atoms with Crippen molar-refractivity contribution in [3.8, 4) is 17.2 Å². The average Bonchev–Trinajstić information content (AvgIpc) is 2.98. The maximum Gasteiger partial charge on any atom is 0.303 e. The number of thioether (sulfide) groups is 1. The second-order valence-electron chi connectivity index (χ2n) is 9.18. The monoisotopic (exact) mass is 520 g/mol. The van der Waals surface area contributed by atoms with Gasteiger partial charge in [0.25, 0.3) is 5.91 Å². The molecule has 2 atom stereocenters. The predicted octanol–water partition coefficient (Wildman–Crippen LogP) is 5.47. The van der Waals surface area contributed by atoms with Gasteiger partial charge in [0, 0.05) is 24.9 Å². The van der Waals surface area contributed by atoms with Gasteiger partial charge in [0.2, 0.25) is 0 Å². The van der Waals surface area contributed by atoms with E-state index >= 15 is 0 Å². The first-order valence-electron chi connectivity index (χ1n) is 12.1. The molecule has 0 unspecified atom stereocenters. The van der Waals surface area contributed by atoms with Gasteiger partial charge in [0.05, 0.1) is 18.0 Å². The van der Waals surface area contributed by atoms with Crippen LogP contribution in [-0.2, 0) is 14.3 Å². The number of likely N-dealkylation sites (N-methyl/N-ethyl adjacent to an activating group) is 1. The number of nitrogens with zero attached hydrogens (tertiary/aromatic N) is 2. The minimum Gasteiger partial charge on any atom is -0.497 e. The first kappa shape index (κ1) is 26.6. The van der Waals surface area contributed by atoms with Crippen molar-refractivity contribution in [1.82, 2.24) is 4.90 Å². The summed E-state index contributed by atoms with van der Waals surface area (Å²) in [6.45, 7) is 4.46. The van der Waals surface area contributed by atoms with Gasteiger partial charge in [-0.05, 0) is 69.0 Å². The molecule has 0 spiro atoms. The molecule has 0 bridgehead atoms. The van der Waals surface area contributed by atoms with Gasteiger partial charge in [-0.15, -0.1) is 11.8 Å². The van der Waals surface area contributed by atoms with E-state index in [2.05, 4.69) is 0 Å². The van der Waals surface area contributed by atoms with Gasteiger partial charge in [0.15, 0.2) is 6.10 Å². The van der Waals surface area contributed by atoms with Crippen LogP contribution in [0.5, 0.6) is 17.2 Å². The third-order valence-corrected chi connectivity index (χ3v) is 7.38. The number of benzene rings is 3. The number of hydrogen-bond donors (Lipinski definition) is 0. The van der Waals surface area contributed by atoms with E-state index in [1.54, 1.807) is 12.0 Å². The zero-order chi connectivity index (χ0) is 26.5. The van der Waals surface area contributed by atoms with Gasteiger partial charge in [-0.3, -0.25) is 9.59 Å². The van der Waals surface area contributed by atoms with Crippen molar-refractivity contribution in [2.24, 2.45) is 0 Å². The number of carbonyl (C=O) groups is 2. The predicted molar refractivity (Wildman–Crippen MR) is 146 cm³/mol. The van der Waals surface area contributed by atoms with Crippen molar-refractivity contribution in [2.45, 2.75) is 30.1 Å².